The van der Waals surface area contributed by atoms with Crippen molar-refractivity contribution in [3.63, 3.8) is 0 Å². The summed E-state index contributed by atoms with van der Waals surface area (Å²) in [6, 6.07) is 6.90. The van der Waals surface area contributed by atoms with E-state index in [0.29, 0.717) is 18.1 Å². The van der Waals surface area contributed by atoms with Gasteiger partial charge in [0, 0.05) is 36.3 Å². The standard InChI is InChI=1S/C17H26N2O2/c1-2-7-19(11-12-3-6-16(20)10-17(12)21)15-8-13-4-5-14(9-15)18-13/h3,6,10,13-15,18,20-21H,2,4-5,7-9,11H2,1H3. The van der Waals surface area contributed by atoms with Crippen molar-refractivity contribution < 1.29 is 10.2 Å². The lowest BCUT2D eigenvalue weighted by molar-refractivity contribution is 0.133. The first-order valence-corrected chi connectivity index (χ1v) is 8.16. The van der Waals surface area contributed by atoms with Crippen LogP contribution in [-0.4, -0.2) is 39.8 Å². The molecule has 0 aliphatic carbocycles. The molecule has 21 heavy (non-hydrogen) atoms. The summed E-state index contributed by atoms with van der Waals surface area (Å²) in [5, 5.41) is 23.1. The molecule has 2 fully saturated rings. The number of phenols is 2. The van der Waals surface area contributed by atoms with Gasteiger partial charge in [-0.1, -0.05) is 13.0 Å². The number of rotatable bonds is 5. The molecule has 1 aromatic rings. The highest BCUT2D eigenvalue weighted by Gasteiger charge is 2.35. The molecule has 0 amide bonds. The first-order chi connectivity index (χ1) is 10.2. The Labute approximate surface area is 126 Å². The maximum atomic E-state index is 10.0. The number of nitrogens with one attached hydrogen (secondary N) is 1. The lowest BCUT2D eigenvalue weighted by Crippen LogP contribution is -2.48. The third-order valence-electron chi connectivity index (χ3n) is 4.92. The Kier molecular flexibility index (Phi) is 4.36. The number of phenolic OH excluding ortho intramolecular Hbond substituents is 2. The summed E-state index contributed by atoms with van der Waals surface area (Å²) in [4.78, 5) is 2.51. The van der Waals surface area contributed by atoms with Gasteiger partial charge in [-0.15, -0.1) is 0 Å². The quantitative estimate of drug-likeness (QED) is 0.780. The van der Waals surface area contributed by atoms with Crippen molar-refractivity contribution in [3.05, 3.63) is 23.8 Å². The van der Waals surface area contributed by atoms with Crippen LogP contribution in [0.25, 0.3) is 0 Å². The number of benzene rings is 1. The van der Waals surface area contributed by atoms with E-state index < -0.39 is 0 Å². The highest BCUT2D eigenvalue weighted by atomic mass is 16.3. The Morgan fingerprint density at radius 3 is 2.52 bits per heavy atom. The molecule has 4 nitrogen and oxygen atoms in total. The molecule has 2 bridgehead atoms. The number of piperidine rings is 1. The molecule has 2 unspecified atom stereocenters. The summed E-state index contributed by atoms with van der Waals surface area (Å²) in [6.45, 7) is 4.04. The largest absolute Gasteiger partial charge is 0.508 e. The normalized spacial score (nSPS) is 28.2. The first-order valence-electron chi connectivity index (χ1n) is 8.16. The average molecular weight is 290 g/mol. The summed E-state index contributed by atoms with van der Waals surface area (Å²) in [7, 11) is 0. The average Bonchev–Trinajstić information content (AvgIpc) is 2.79. The zero-order chi connectivity index (χ0) is 14.8. The van der Waals surface area contributed by atoms with Gasteiger partial charge in [-0.2, -0.15) is 0 Å². The number of hydrogen-bond acceptors (Lipinski definition) is 4. The van der Waals surface area contributed by atoms with E-state index in [-0.39, 0.29) is 11.5 Å². The molecule has 2 saturated heterocycles. The van der Waals surface area contributed by atoms with Crippen LogP contribution < -0.4 is 5.32 Å². The fraction of sp³-hybridized carbons (Fsp3) is 0.647. The van der Waals surface area contributed by atoms with Crippen molar-refractivity contribution in [2.45, 2.75) is 63.7 Å². The van der Waals surface area contributed by atoms with E-state index in [9.17, 15) is 10.2 Å². The van der Waals surface area contributed by atoms with Crippen molar-refractivity contribution in [2.75, 3.05) is 6.54 Å². The molecule has 2 aliphatic rings. The van der Waals surface area contributed by atoms with E-state index in [2.05, 4.69) is 17.1 Å². The van der Waals surface area contributed by atoms with E-state index in [0.717, 1.165) is 25.1 Å². The fourth-order valence-corrected chi connectivity index (χ4v) is 3.91. The molecule has 4 heteroatoms. The van der Waals surface area contributed by atoms with Crippen molar-refractivity contribution in [3.8, 4) is 11.5 Å². The Hall–Kier alpha value is -1.26. The third kappa shape index (κ3) is 3.33. The van der Waals surface area contributed by atoms with Crippen LogP contribution in [0.2, 0.25) is 0 Å². The fourth-order valence-electron chi connectivity index (χ4n) is 3.91. The second-order valence-electron chi connectivity index (χ2n) is 6.55. The van der Waals surface area contributed by atoms with Crippen LogP contribution in [0.5, 0.6) is 11.5 Å². The summed E-state index contributed by atoms with van der Waals surface area (Å²) in [5.74, 6) is 0.325. The summed E-state index contributed by atoms with van der Waals surface area (Å²) in [5.41, 5.74) is 0.909. The van der Waals surface area contributed by atoms with Crippen molar-refractivity contribution in [2.24, 2.45) is 0 Å². The SMILES string of the molecule is CCCN(Cc1ccc(O)cc1O)C1CC2CCC(C1)N2. The van der Waals surface area contributed by atoms with E-state index in [1.807, 2.05) is 6.07 Å². The van der Waals surface area contributed by atoms with Crippen molar-refractivity contribution in [1.29, 1.82) is 0 Å². The van der Waals surface area contributed by atoms with Gasteiger partial charge in [0.05, 0.1) is 0 Å². The maximum Gasteiger partial charge on any atom is 0.123 e. The lowest BCUT2D eigenvalue weighted by Gasteiger charge is -2.38. The highest BCUT2D eigenvalue weighted by molar-refractivity contribution is 5.38. The number of fused-ring (bicyclic) bond motifs is 2. The van der Waals surface area contributed by atoms with E-state index >= 15 is 0 Å². The van der Waals surface area contributed by atoms with Crippen LogP contribution in [0, 0.1) is 0 Å². The Bertz CT molecular complexity index is 480. The van der Waals surface area contributed by atoms with Crippen LogP contribution >= 0.6 is 0 Å². The van der Waals surface area contributed by atoms with E-state index in [1.54, 1.807) is 6.07 Å². The van der Waals surface area contributed by atoms with Crippen LogP contribution in [0.15, 0.2) is 18.2 Å². The molecule has 0 aromatic heterocycles. The molecular weight excluding hydrogens is 264 g/mol. The minimum atomic E-state index is 0.123. The Balaban J connectivity index is 1.72. The van der Waals surface area contributed by atoms with Crippen LogP contribution in [0.4, 0.5) is 0 Å². The topological polar surface area (TPSA) is 55.7 Å². The predicted octanol–water partition coefficient (Wildman–Crippen LogP) is 2.59. The van der Waals surface area contributed by atoms with E-state index in [1.165, 1.54) is 31.7 Å². The molecule has 0 spiro atoms. The highest BCUT2D eigenvalue weighted by Crippen LogP contribution is 2.32. The number of aromatic hydroxyl groups is 2. The van der Waals surface area contributed by atoms with Gasteiger partial charge in [0.15, 0.2) is 0 Å². The summed E-state index contributed by atoms with van der Waals surface area (Å²) in [6.07, 6.45) is 6.18. The minimum Gasteiger partial charge on any atom is -0.508 e. The molecule has 116 valence electrons. The zero-order valence-corrected chi connectivity index (χ0v) is 12.8. The molecule has 2 heterocycles. The van der Waals surface area contributed by atoms with Gasteiger partial charge in [0.2, 0.25) is 0 Å². The first kappa shape index (κ1) is 14.7. The van der Waals surface area contributed by atoms with Gasteiger partial charge in [0.25, 0.3) is 0 Å². The van der Waals surface area contributed by atoms with Gasteiger partial charge in [0.1, 0.15) is 11.5 Å². The van der Waals surface area contributed by atoms with Crippen LogP contribution in [0.3, 0.4) is 0 Å². The van der Waals surface area contributed by atoms with Gasteiger partial charge >= 0.3 is 0 Å². The van der Waals surface area contributed by atoms with Crippen LogP contribution in [-0.2, 0) is 6.54 Å². The van der Waals surface area contributed by atoms with Crippen LogP contribution in [0.1, 0.15) is 44.6 Å². The van der Waals surface area contributed by atoms with Crippen molar-refractivity contribution in [1.82, 2.24) is 10.2 Å². The molecule has 1 aromatic carbocycles. The smallest absolute Gasteiger partial charge is 0.123 e. The Morgan fingerprint density at radius 2 is 1.90 bits per heavy atom. The predicted molar refractivity (Wildman–Crippen MR) is 83.4 cm³/mol. The number of hydrogen-bond donors (Lipinski definition) is 3. The molecular formula is C17H26N2O2. The van der Waals surface area contributed by atoms with E-state index in [4.69, 9.17) is 0 Å². The minimum absolute atomic E-state index is 0.123. The molecule has 3 N–H and O–H groups in total. The molecule has 0 saturated carbocycles. The van der Waals surface area contributed by atoms with Gasteiger partial charge in [-0.25, -0.2) is 0 Å². The zero-order valence-electron chi connectivity index (χ0n) is 12.8. The molecule has 2 atom stereocenters. The molecule has 3 rings (SSSR count). The van der Waals surface area contributed by atoms with Gasteiger partial charge < -0.3 is 15.5 Å². The second-order valence-corrected chi connectivity index (χ2v) is 6.55. The van der Waals surface area contributed by atoms with Gasteiger partial charge in [-0.05, 0) is 44.7 Å². The third-order valence-corrected chi connectivity index (χ3v) is 4.92. The molecule has 2 aliphatic heterocycles. The monoisotopic (exact) mass is 290 g/mol. The summed E-state index contributed by atoms with van der Waals surface area (Å²) >= 11 is 0. The second kappa shape index (κ2) is 6.24. The lowest BCUT2D eigenvalue weighted by atomic mass is 9.97. The van der Waals surface area contributed by atoms with Crippen molar-refractivity contribution >= 4 is 0 Å². The maximum absolute atomic E-state index is 10.0. The number of nitrogens with zero attached hydrogens (tertiary/aromatic N) is 1. The summed E-state index contributed by atoms with van der Waals surface area (Å²) < 4.78 is 0. The molecule has 0 radical (unpaired) electrons. The Morgan fingerprint density at radius 1 is 1.19 bits per heavy atom. The van der Waals surface area contributed by atoms with Gasteiger partial charge in [-0.3, -0.25) is 4.90 Å².